The fourth-order valence-corrected chi connectivity index (χ4v) is 7.64. The molecule has 7 nitrogen and oxygen atoms in total. The lowest BCUT2D eigenvalue weighted by atomic mass is 10.0. The van der Waals surface area contributed by atoms with Gasteiger partial charge in [-0.2, -0.15) is 4.31 Å². The maximum Gasteiger partial charge on any atom is 0.243 e. The highest BCUT2D eigenvalue weighted by atomic mass is 32.2. The number of fused-ring (bicyclic) bond motifs is 1. The second kappa shape index (κ2) is 11.1. The molecule has 5 rings (SSSR count). The van der Waals surface area contributed by atoms with Crippen LogP contribution in [0.25, 0.3) is 11.0 Å². The second-order valence-corrected chi connectivity index (χ2v) is 12.6. The minimum absolute atomic E-state index is 0.158. The Morgan fingerprint density at radius 1 is 1.14 bits per heavy atom. The zero-order valence-corrected chi connectivity index (χ0v) is 22.7. The molecule has 9 heteroatoms. The van der Waals surface area contributed by atoms with E-state index in [4.69, 9.17) is 14.5 Å². The number of aromatic nitrogens is 2. The number of hydrogen-bond acceptors (Lipinski definition) is 6. The van der Waals surface area contributed by atoms with Gasteiger partial charge in [-0.15, -0.1) is 0 Å². The van der Waals surface area contributed by atoms with Gasteiger partial charge >= 0.3 is 0 Å². The topological polar surface area (TPSA) is 73.7 Å². The van der Waals surface area contributed by atoms with E-state index in [0.717, 1.165) is 61.0 Å². The number of benzene rings is 2. The van der Waals surface area contributed by atoms with E-state index in [-0.39, 0.29) is 6.10 Å². The van der Waals surface area contributed by atoms with E-state index >= 15 is 0 Å². The lowest BCUT2D eigenvalue weighted by molar-refractivity contribution is 0.0960. The first-order chi connectivity index (χ1) is 17.4. The van der Waals surface area contributed by atoms with Crippen molar-refractivity contribution in [1.82, 2.24) is 13.9 Å². The molecule has 3 heterocycles. The number of hydrogen-bond donors (Lipinski definition) is 0. The summed E-state index contributed by atoms with van der Waals surface area (Å²) in [5.41, 5.74) is 2.85. The number of sulfonamides is 1. The molecule has 0 aliphatic carbocycles. The smallest absolute Gasteiger partial charge is 0.243 e. The van der Waals surface area contributed by atoms with Gasteiger partial charge in [0.2, 0.25) is 10.0 Å². The fraction of sp³-hybridized carbons (Fsp3) is 0.519. The Hall–Kier alpha value is -2.07. The third kappa shape index (κ3) is 5.59. The quantitative estimate of drug-likeness (QED) is 0.349. The van der Waals surface area contributed by atoms with E-state index in [1.54, 1.807) is 28.2 Å². The van der Waals surface area contributed by atoms with Crippen LogP contribution in [0.5, 0.6) is 5.75 Å². The molecule has 0 bridgehead atoms. The number of rotatable bonds is 9. The van der Waals surface area contributed by atoms with Crippen LogP contribution in [0.15, 0.2) is 52.5 Å². The van der Waals surface area contributed by atoms with Crippen molar-refractivity contribution in [3.8, 4) is 5.75 Å². The third-order valence-electron chi connectivity index (χ3n) is 6.95. The minimum atomic E-state index is -3.54. The summed E-state index contributed by atoms with van der Waals surface area (Å²) < 4.78 is 42.1. The standard InChI is InChI=1S/C27H35N3O4S2/c1-3-33-22-10-8-21(9-11-22)19-35-27-28-25-16-24(36(31,32)29-14-4-6-20(2)17-29)12-13-26(25)30(27)18-23-7-5-15-34-23/h8-13,16,20,23H,3-7,14-15,17-19H2,1-2H3/t20-,23-/m1/s1. The highest BCUT2D eigenvalue weighted by Gasteiger charge is 2.29. The maximum atomic E-state index is 13.4. The van der Waals surface area contributed by atoms with E-state index in [0.29, 0.717) is 36.0 Å². The molecule has 2 aromatic carbocycles. The Balaban J connectivity index is 1.43. The summed E-state index contributed by atoms with van der Waals surface area (Å²) in [6.45, 7) is 7.42. The van der Waals surface area contributed by atoms with Crippen LogP contribution in [0, 0.1) is 5.92 Å². The van der Waals surface area contributed by atoms with Gasteiger partial charge in [0, 0.05) is 25.4 Å². The van der Waals surface area contributed by atoms with E-state index < -0.39 is 10.0 Å². The number of imidazole rings is 1. The van der Waals surface area contributed by atoms with E-state index in [1.165, 1.54) is 5.56 Å². The van der Waals surface area contributed by atoms with Crippen molar-refractivity contribution in [2.45, 2.75) is 68.0 Å². The summed E-state index contributed by atoms with van der Waals surface area (Å²) in [5.74, 6) is 2.01. The van der Waals surface area contributed by atoms with E-state index in [9.17, 15) is 8.42 Å². The molecule has 2 atom stereocenters. The van der Waals surface area contributed by atoms with Gasteiger partial charge in [0.25, 0.3) is 0 Å². The lowest BCUT2D eigenvalue weighted by Gasteiger charge is -2.30. The highest BCUT2D eigenvalue weighted by molar-refractivity contribution is 7.98. The summed E-state index contributed by atoms with van der Waals surface area (Å²) in [6.07, 6.45) is 4.24. The van der Waals surface area contributed by atoms with Crippen LogP contribution in [-0.2, 0) is 27.1 Å². The SMILES string of the molecule is CCOc1ccc(CSc2nc3cc(S(=O)(=O)N4CCC[C@@H](C)C4)ccc3n2C[C@H]2CCCO2)cc1. The third-order valence-corrected chi connectivity index (χ3v) is 9.86. The van der Waals surface area contributed by atoms with Gasteiger partial charge in [0.05, 0.1) is 35.2 Å². The molecule has 2 fully saturated rings. The Morgan fingerprint density at radius 3 is 2.69 bits per heavy atom. The lowest BCUT2D eigenvalue weighted by Crippen LogP contribution is -2.39. The van der Waals surface area contributed by atoms with Crippen LogP contribution in [0.2, 0.25) is 0 Å². The van der Waals surface area contributed by atoms with Crippen molar-refractivity contribution in [2.75, 3.05) is 26.3 Å². The van der Waals surface area contributed by atoms with Crippen molar-refractivity contribution >= 4 is 32.8 Å². The molecule has 2 aliphatic rings. The first kappa shape index (κ1) is 25.6. The molecule has 0 amide bonds. The van der Waals surface area contributed by atoms with Gasteiger partial charge in [0.15, 0.2) is 5.16 Å². The van der Waals surface area contributed by atoms with Crippen molar-refractivity contribution in [1.29, 1.82) is 0 Å². The van der Waals surface area contributed by atoms with Crippen LogP contribution in [0.1, 0.15) is 45.1 Å². The predicted molar refractivity (Wildman–Crippen MR) is 143 cm³/mol. The molecule has 0 unspecified atom stereocenters. The molecule has 0 spiro atoms. The van der Waals surface area contributed by atoms with Crippen molar-refractivity contribution < 1.29 is 17.9 Å². The molecule has 3 aromatic rings. The molecule has 0 saturated carbocycles. The Bertz CT molecular complexity index is 1280. The van der Waals surface area contributed by atoms with Crippen molar-refractivity contribution in [3.63, 3.8) is 0 Å². The van der Waals surface area contributed by atoms with Gasteiger partial charge in [-0.05, 0) is 74.4 Å². The number of ether oxygens (including phenoxy) is 2. The average molecular weight is 530 g/mol. The summed E-state index contributed by atoms with van der Waals surface area (Å²) in [7, 11) is -3.54. The van der Waals surface area contributed by atoms with Crippen LogP contribution >= 0.6 is 11.8 Å². The molecule has 2 aliphatic heterocycles. The first-order valence-corrected chi connectivity index (χ1v) is 15.3. The number of thioether (sulfide) groups is 1. The molecular weight excluding hydrogens is 494 g/mol. The Kier molecular flexibility index (Phi) is 7.90. The van der Waals surface area contributed by atoms with Gasteiger partial charge in [-0.1, -0.05) is 30.8 Å². The molecule has 1 aromatic heterocycles. The van der Waals surface area contributed by atoms with Gasteiger partial charge in [-0.3, -0.25) is 0 Å². The molecule has 2 saturated heterocycles. The zero-order valence-electron chi connectivity index (χ0n) is 21.1. The molecule has 0 radical (unpaired) electrons. The first-order valence-electron chi connectivity index (χ1n) is 12.9. The van der Waals surface area contributed by atoms with Gasteiger partial charge in [-0.25, -0.2) is 13.4 Å². The van der Waals surface area contributed by atoms with Crippen LogP contribution < -0.4 is 4.74 Å². The summed E-state index contributed by atoms with van der Waals surface area (Å²) >= 11 is 1.67. The molecule has 194 valence electrons. The minimum Gasteiger partial charge on any atom is -0.494 e. The Morgan fingerprint density at radius 2 is 1.97 bits per heavy atom. The van der Waals surface area contributed by atoms with Gasteiger partial charge in [0.1, 0.15) is 5.75 Å². The predicted octanol–water partition coefficient (Wildman–Crippen LogP) is 5.33. The summed E-state index contributed by atoms with van der Waals surface area (Å²) in [5, 5.41) is 0.885. The zero-order chi connectivity index (χ0) is 25.1. The monoisotopic (exact) mass is 529 g/mol. The normalized spacial score (nSPS) is 21.3. The van der Waals surface area contributed by atoms with Crippen molar-refractivity contribution in [3.05, 3.63) is 48.0 Å². The summed E-state index contributed by atoms with van der Waals surface area (Å²) in [4.78, 5) is 5.24. The number of piperidine rings is 1. The highest BCUT2D eigenvalue weighted by Crippen LogP contribution is 2.32. The Labute approximate surface area is 218 Å². The molecular formula is C27H35N3O4S2. The van der Waals surface area contributed by atoms with Crippen LogP contribution in [0.4, 0.5) is 0 Å². The average Bonchev–Trinajstić information content (AvgIpc) is 3.52. The van der Waals surface area contributed by atoms with Crippen LogP contribution in [0.3, 0.4) is 0 Å². The maximum absolute atomic E-state index is 13.4. The summed E-state index contributed by atoms with van der Waals surface area (Å²) in [6, 6.07) is 13.5. The second-order valence-electron chi connectivity index (χ2n) is 9.77. The van der Waals surface area contributed by atoms with E-state index in [2.05, 4.69) is 23.6 Å². The number of nitrogens with zero attached hydrogens (tertiary/aromatic N) is 3. The van der Waals surface area contributed by atoms with Crippen molar-refractivity contribution in [2.24, 2.45) is 5.92 Å². The molecule has 36 heavy (non-hydrogen) atoms. The largest absolute Gasteiger partial charge is 0.494 e. The van der Waals surface area contributed by atoms with Gasteiger partial charge < -0.3 is 14.0 Å². The van der Waals surface area contributed by atoms with E-state index in [1.807, 2.05) is 25.1 Å². The molecule has 0 N–H and O–H groups in total. The van der Waals surface area contributed by atoms with Crippen LogP contribution in [-0.4, -0.2) is 54.7 Å². The fourth-order valence-electron chi connectivity index (χ4n) is 5.04.